The predicted molar refractivity (Wildman–Crippen MR) is 223 cm³/mol. The monoisotopic (exact) mass is 887 g/mol. The smallest absolute Gasteiger partial charge is 0.326 e. The number of carbonyl (C=O) groups excluding carboxylic acids is 2. The number of carbonyl (C=O) groups is 2. The lowest BCUT2D eigenvalue weighted by Crippen LogP contribution is -2.34. The Kier molecular flexibility index (Phi) is 14.7. The molecule has 0 saturated carbocycles. The van der Waals surface area contributed by atoms with Gasteiger partial charge in [0.15, 0.2) is 11.6 Å². The highest BCUT2D eigenvalue weighted by atomic mass is 79.9. The molecule has 0 spiro atoms. The minimum Gasteiger partial charge on any atom is -0.459 e. The highest BCUT2D eigenvalue weighted by Crippen LogP contribution is 2.14. The summed E-state index contributed by atoms with van der Waals surface area (Å²) in [5.41, 5.74) is 2.83. The third kappa shape index (κ3) is 12.5. The van der Waals surface area contributed by atoms with Gasteiger partial charge in [0.2, 0.25) is 5.91 Å². The second kappa shape index (κ2) is 19.8. The van der Waals surface area contributed by atoms with E-state index in [9.17, 15) is 19.2 Å². The van der Waals surface area contributed by atoms with Crippen LogP contribution in [0.15, 0.2) is 116 Å². The van der Waals surface area contributed by atoms with Crippen molar-refractivity contribution in [1.82, 2.24) is 34.4 Å². The molecular formula is C40H43Br2N9O5. The number of hydrogen-bond donors (Lipinski definition) is 4. The summed E-state index contributed by atoms with van der Waals surface area (Å²) in [5, 5.41) is 9.91. The van der Waals surface area contributed by atoms with E-state index in [2.05, 4.69) is 67.7 Å². The summed E-state index contributed by atoms with van der Waals surface area (Å²) in [6.45, 7) is 6.52. The van der Waals surface area contributed by atoms with Crippen LogP contribution in [0.3, 0.4) is 0 Å². The third-order valence-corrected chi connectivity index (χ3v) is 9.34. The van der Waals surface area contributed by atoms with E-state index in [0.29, 0.717) is 28.8 Å². The molecule has 0 aliphatic carbocycles. The van der Waals surface area contributed by atoms with Gasteiger partial charge in [0.1, 0.15) is 27.9 Å². The van der Waals surface area contributed by atoms with Crippen molar-refractivity contribution >= 4 is 66.3 Å². The number of H-pyrrole nitrogens is 1. The average Bonchev–Trinajstić information content (AvgIpc) is 3.60. The number of pyridine rings is 1. The zero-order valence-electron chi connectivity index (χ0n) is 31.2. The van der Waals surface area contributed by atoms with Gasteiger partial charge in [-0.3, -0.25) is 33.3 Å². The molecule has 56 heavy (non-hydrogen) atoms. The van der Waals surface area contributed by atoms with Gasteiger partial charge >= 0.3 is 5.97 Å². The quantitative estimate of drug-likeness (QED) is 0.0970. The van der Waals surface area contributed by atoms with Crippen molar-refractivity contribution in [2.24, 2.45) is 0 Å². The van der Waals surface area contributed by atoms with E-state index in [4.69, 9.17) is 4.74 Å². The van der Waals surface area contributed by atoms with E-state index in [1.54, 1.807) is 33.2 Å². The molecule has 0 saturated heterocycles. The number of benzene rings is 2. The molecule has 6 rings (SSSR count). The number of aromatic amines is 1. The number of ether oxygens (including phenoxy) is 1. The minimum atomic E-state index is -0.600. The SMILES string of the molecule is CC(C)(C)OC(=O)Cn1c(Br)cnc(NCCc2ccccc2)c1=O.O=C(Cn1c(Br)cnc(NCCc2ccccc2)c1=O)NCc1cc2cnccc2[nH]1. The minimum absolute atomic E-state index is 0.114. The molecule has 0 radical (unpaired) electrons. The molecule has 4 N–H and O–H groups in total. The highest BCUT2D eigenvalue weighted by Gasteiger charge is 2.19. The number of hydrogen-bond acceptors (Lipinski definition) is 10. The normalized spacial score (nSPS) is 11.0. The molecule has 2 aromatic carbocycles. The Morgan fingerprint density at radius 3 is 1.82 bits per heavy atom. The average molecular weight is 890 g/mol. The lowest BCUT2D eigenvalue weighted by molar-refractivity contribution is -0.155. The maximum Gasteiger partial charge on any atom is 0.326 e. The van der Waals surface area contributed by atoms with E-state index in [1.807, 2.05) is 72.8 Å². The molecule has 0 aliphatic heterocycles. The fourth-order valence-corrected chi connectivity index (χ4v) is 6.21. The standard InChI is InChI=1S/C22H21BrN6O2.C18H22BrN3O3/c23-19-13-27-21(25-9-6-15-4-2-1-3-5-15)22(31)29(19)14-20(30)26-12-17-10-16-11-24-8-7-18(16)28-17;1-18(2,3)25-15(23)12-22-14(19)11-21-16(17(22)24)20-10-9-13-7-5-4-6-8-13/h1-5,7-8,10-11,13,28H,6,9,12,14H2,(H,25,27)(H,26,30);4-8,11H,9-10,12H2,1-3H3,(H,20,21). The molecule has 0 aliphatic rings. The van der Waals surface area contributed by atoms with Crippen molar-refractivity contribution in [2.45, 2.75) is 58.8 Å². The first-order valence-electron chi connectivity index (χ1n) is 17.8. The number of esters is 1. The molecule has 4 aromatic heterocycles. The van der Waals surface area contributed by atoms with Crippen LogP contribution in [0.2, 0.25) is 0 Å². The highest BCUT2D eigenvalue weighted by molar-refractivity contribution is 9.10. The zero-order valence-corrected chi connectivity index (χ0v) is 34.4. The van der Waals surface area contributed by atoms with Crippen LogP contribution in [0.4, 0.5) is 11.6 Å². The van der Waals surface area contributed by atoms with Crippen molar-refractivity contribution in [2.75, 3.05) is 23.7 Å². The lowest BCUT2D eigenvalue weighted by atomic mass is 10.1. The number of halogens is 2. The van der Waals surface area contributed by atoms with E-state index in [0.717, 1.165) is 29.4 Å². The maximum atomic E-state index is 12.8. The molecule has 0 bridgehead atoms. The van der Waals surface area contributed by atoms with Crippen LogP contribution < -0.4 is 27.1 Å². The van der Waals surface area contributed by atoms with Gasteiger partial charge in [0.05, 0.1) is 18.9 Å². The van der Waals surface area contributed by atoms with Crippen LogP contribution in [-0.2, 0) is 46.8 Å². The molecule has 0 unspecified atom stereocenters. The first-order valence-corrected chi connectivity index (χ1v) is 19.4. The summed E-state index contributed by atoms with van der Waals surface area (Å²) in [6.07, 6.45) is 8.01. The van der Waals surface area contributed by atoms with Gasteiger partial charge in [0, 0.05) is 42.1 Å². The summed E-state index contributed by atoms with van der Waals surface area (Å²) >= 11 is 6.57. The fourth-order valence-electron chi connectivity index (χ4n) is 5.44. The number of anilines is 2. The van der Waals surface area contributed by atoms with Gasteiger partial charge in [-0.05, 0) is 88.7 Å². The summed E-state index contributed by atoms with van der Waals surface area (Å²) in [7, 11) is 0. The maximum absolute atomic E-state index is 12.8. The van der Waals surface area contributed by atoms with E-state index < -0.39 is 11.6 Å². The van der Waals surface area contributed by atoms with Gasteiger partial charge in [0.25, 0.3) is 11.1 Å². The Balaban J connectivity index is 0.000000220. The Hall–Kier alpha value is -5.61. The Labute approximate surface area is 340 Å². The summed E-state index contributed by atoms with van der Waals surface area (Å²) in [6, 6.07) is 23.8. The predicted octanol–water partition coefficient (Wildman–Crippen LogP) is 5.86. The first-order chi connectivity index (χ1) is 26.9. The molecule has 14 nitrogen and oxygen atoms in total. The number of rotatable bonds is 14. The van der Waals surface area contributed by atoms with Crippen molar-refractivity contribution in [3.05, 3.63) is 144 Å². The van der Waals surface area contributed by atoms with E-state index in [-0.39, 0.29) is 41.8 Å². The largest absolute Gasteiger partial charge is 0.459 e. The number of fused-ring (bicyclic) bond motifs is 1. The van der Waals surface area contributed by atoms with Gasteiger partial charge < -0.3 is 25.7 Å². The molecule has 0 fully saturated rings. The van der Waals surface area contributed by atoms with Crippen LogP contribution in [0.25, 0.3) is 10.9 Å². The second-order valence-electron chi connectivity index (χ2n) is 13.6. The van der Waals surface area contributed by atoms with Crippen molar-refractivity contribution < 1.29 is 14.3 Å². The number of aromatic nitrogens is 6. The van der Waals surface area contributed by atoms with Crippen molar-refractivity contribution in [3.63, 3.8) is 0 Å². The van der Waals surface area contributed by atoms with Gasteiger partial charge in [-0.1, -0.05) is 60.7 Å². The molecular weight excluding hydrogens is 846 g/mol. The summed E-state index contributed by atoms with van der Waals surface area (Å²) < 4.78 is 8.79. The molecule has 16 heteroatoms. The first kappa shape index (κ1) is 41.6. The molecule has 4 heterocycles. The van der Waals surface area contributed by atoms with Crippen molar-refractivity contribution in [1.29, 1.82) is 0 Å². The summed E-state index contributed by atoms with van der Waals surface area (Å²) in [5.74, 6) is -0.324. The number of nitrogens with one attached hydrogen (secondary N) is 4. The second-order valence-corrected chi connectivity index (χ2v) is 15.2. The fraction of sp³-hybridized carbons (Fsp3) is 0.275. The third-order valence-electron chi connectivity index (χ3n) is 8.07. The Bertz CT molecular complexity index is 2330. The molecule has 0 atom stereocenters. The van der Waals surface area contributed by atoms with E-state index >= 15 is 0 Å². The van der Waals surface area contributed by atoms with Crippen LogP contribution >= 0.6 is 31.9 Å². The topological polar surface area (TPSA) is 178 Å². The number of nitrogens with zero attached hydrogens (tertiary/aromatic N) is 5. The molecule has 6 aromatic rings. The Morgan fingerprint density at radius 1 is 0.768 bits per heavy atom. The molecule has 1 amide bonds. The van der Waals surface area contributed by atoms with Crippen LogP contribution in [0, 0.1) is 0 Å². The van der Waals surface area contributed by atoms with E-state index in [1.165, 1.54) is 32.7 Å². The van der Waals surface area contributed by atoms with Gasteiger partial charge in [-0.25, -0.2) is 9.97 Å². The van der Waals surface area contributed by atoms with Gasteiger partial charge in [-0.2, -0.15) is 0 Å². The van der Waals surface area contributed by atoms with Crippen molar-refractivity contribution in [3.8, 4) is 0 Å². The van der Waals surface area contributed by atoms with Gasteiger partial charge in [-0.15, -0.1) is 0 Å². The number of amides is 1. The van der Waals surface area contributed by atoms with Crippen LogP contribution in [0.5, 0.6) is 0 Å². The summed E-state index contributed by atoms with van der Waals surface area (Å²) in [4.78, 5) is 65.3. The lowest BCUT2D eigenvalue weighted by Gasteiger charge is -2.20. The van der Waals surface area contributed by atoms with Crippen LogP contribution in [0.1, 0.15) is 37.6 Å². The zero-order chi connectivity index (χ0) is 40.1. The van der Waals surface area contributed by atoms with Crippen LogP contribution in [-0.4, -0.2) is 59.6 Å². The Morgan fingerprint density at radius 2 is 1.30 bits per heavy atom. The molecule has 292 valence electrons.